The molecule has 0 unspecified atom stereocenters. The lowest BCUT2D eigenvalue weighted by Gasteiger charge is -2.21. The van der Waals surface area contributed by atoms with E-state index in [2.05, 4.69) is 20.5 Å². The standard InChI is InChI=1S/C22H31N5O2S.HI/c1-4-24-20(28)15-29-17-9-7-8-16(12-17)13-25-22(23-2)27(3)14-21-26-18-10-5-6-11-19(18)30-21;/h7-9,12H,4-6,10-11,13-15H2,1-3H3,(H,23,25)(H,24,28);1H. The highest BCUT2D eigenvalue weighted by Gasteiger charge is 2.17. The number of carbonyl (C=O) groups is 1. The first-order chi connectivity index (χ1) is 14.6. The number of rotatable bonds is 8. The van der Waals surface area contributed by atoms with Gasteiger partial charge < -0.3 is 20.3 Å². The van der Waals surface area contributed by atoms with Gasteiger partial charge in [0.25, 0.3) is 5.91 Å². The molecule has 1 heterocycles. The molecule has 0 aliphatic heterocycles. The van der Waals surface area contributed by atoms with E-state index in [1.165, 1.54) is 29.8 Å². The Morgan fingerprint density at radius 3 is 2.84 bits per heavy atom. The van der Waals surface area contributed by atoms with Crippen molar-refractivity contribution in [2.45, 2.75) is 45.7 Å². The zero-order valence-corrected chi connectivity index (χ0v) is 21.6. The van der Waals surface area contributed by atoms with E-state index >= 15 is 0 Å². The van der Waals surface area contributed by atoms with Gasteiger partial charge in [0.2, 0.25) is 0 Å². The highest BCUT2D eigenvalue weighted by Crippen LogP contribution is 2.27. The Balaban J connectivity index is 0.00000341. The van der Waals surface area contributed by atoms with Crippen LogP contribution in [-0.4, -0.2) is 49.0 Å². The van der Waals surface area contributed by atoms with Crippen LogP contribution in [0, 0.1) is 0 Å². The number of carbonyl (C=O) groups excluding carboxylic acids is 1. The summed E-state index contributed by atoms with van der Waals surface area (Å²) >= 11 is 1.83. The number of aliphatic imine (C=N–C) groups is 1. The number of guanidine groups is 1. The maximum Gasteiger partial charge on any atom is 0.257 e. The number of hydrogen-bond acceptors (Lipinski definition) is 5. The molecule has 0 bridgehead atoms. The van der Waals surface area contributed by atoms with Crippen LogP contribution < -0.4 is 15.4 Å². The Kier molecular flexibility index (Phi) is 10.5. The fourth-order valence-electron chi connectivity index (χ4n) is 3.46. The molecular weight excluding hydrogens is 525 g/mol. The van der Waals surface area contributed by atoms with Crippen LogP contribution in [0.5, 0.6) is 5.75 Å². The van der Waals surface area contributed by atoms with E-state index in [0.717, 1.165) is 29.5 Å². The summed E-state index contributed by atoms with van der Waals surface area (Å²) in [4.78, 5) is 24.4. The second kappa shape index (κ2) is 12.8. The van der Waals surface area contributed by atoms with E-state index in [4.69, 9.17) is 9.72 Å². The summed E-state index contributed by atoms with van der Waals surface area (Å²) in [7, 11) is 3.82. The lowest BCUT2D eigenvalue weighted by molar-refractivity contribution is -0.122. The Morgan fingerprint density at radius 2 is 2.10 bits per heavy atom. The lowest BCUT2D eigenvalue weighted by Crippen LogP contribution is -2.38. The molecule has 1 aliphatic rings. The van der Waals surface area contributed by atoms with Gasteiger partial charge in [0.1, 0.15) is 10.8 Å². The monoisotopic (exact) mass is 557 g/mol. The molecule has 9 heteroatoms. The largest absolute Gasteiger partial charge is 0.484 e. The number of likely N-dealkylation sites (N-methyl/N-ethyl adjacent to an activating group) is 1. The van der Waals surface area contributed by atoms with E-state index in [1.54, 1.807) is 7.05 Å². The average molecular weight is 558 g/mol. The predicted octanol–water partition coefficient (Wildman–Crippen LogP) is 3.36. The van der Waals surface area contributed by atoms with Crippen LogP contribution in [0.1, 0.15) is 40.9 Å². The minimum absolute atomic E-state index is 0. The van der Waals surface area contributed by atoms with E-state index in [0.29, 0.717) is 18.8 Å². The van der Waals surface area contributed by atoms with Gasteiger partial charge in [0.15, 0.2) is 12.6 Å². The number of hydrogen-bond donors (Lipinski definition) is 2. The van der Waals surface area contributed by atoms with Gasteiger partial charge in [-0.1, -0.05) is 12.1 Å². The summed E-state index contributed by atoms with van der Waals surface area (Å²) in [5, 5.41) is 7.27. The van der Waals surface area contributed by atoms with Gasteiger partial charge >= 0.3 is 0 Å². The SMILES string of the molecule is CCNC(=O)COc1cccc(CNC(=NC)N(C)Cc2nc3c(s2)CCCC3)c1.I. The van der Waals surface area contributed by atoms with Gasteiger partial charge in [-0.25, -0.2) is 4.98 Å². The Morgan fingerprint density at radius 1 is 1.29 bits per heavy atom. The highest BCUT2D eigenvalue weighted by atomic mass is 127. The van der Waals surface area contributed by atoms with Crippen LogP contribution in [0.2, 0.25) is 0 Å². The molecule has 0 saturated heterocycles. The Labute approximate surface area is 205 Å². The number of halogens is 1. The first kappa shape index (κ1) is 25.4. The molecule has 2 N–H and O–H groups in total. The number of benzene rings is 1. The summed E-state index contributed by atoms with van der Waals surface area (Å²) in [6, 6.07) is 7.74. The van der Waals surface area contributed by atoms with Gasteiger partial charge in [-0.2, -0.15) is 0 Å². The molecule has 0 saturated carbocycles. The Hall–Kier alpha value is -1.88. The van der Waals surface area contributed by atoms with E-state index in [-0.39, 0.29) is 36.5 Å². The number of thiazole rings is 1. The molecule has 1 aliphatic carbocycles. The van der Waals surface area contributed by atoms with Gasteiger partial charge in [-0.3, -0.25) is 9.79 Å². The van der Waals surface area contributed by atoms with Crippen LogP contribution in [0.25, 0.3) is 0 Å². The molecule has 0 fully saturated rings. The summed E-state index contributed by atoms with van der Waals surface area (Å²) in [5.41, 5.74) is 2.35. The number of amides is 1. The van der Waals surface area contributed by atoms with Crippen molar-refractivity contribution >= 4 is 47.2 Å². The fourth-order valence-corrected chi connectivity index (χ4v) is 4.67. The van der Waals surface area contributed by atoms with Crippen molar-refractivity contribution in [1.82, 2.24) is 20.5 Å². The zero-order chi connectivity index (χ0) is 21.3. The molecule has 0 radical (unpaired) electrons. The number of nitrogens with one attached hydrogen (secondary N) is 2. The molecule has 0 spiro atoms. The van der Waals surface area contributed by atoms with Crippen molar-refractivity contribution in [2.24, 2.45) is 4.99 Å². The molecule has 2 aromatic rings. The average Bonchev–Trinajstić information content (AvgIpc) is 3.15. The van der Waals surface area contributed by atoms with Crippen LogP contribution >= 0.6 is 35.3 Å². The molecule has 1 aromatic heterocycles. The minimum atomic E-state index is -0.119. The number of ether oxygens (including phenoxy) is 1. The van der Waals surface area contributed by atoms with Crippen molar-refractivity contribution in [3.8, 4) is 5.75 Å². The smallest absolute Gasteiger partial charge is 0.257 e. The van der Waals surface area contributed by atoms with Gasteiger partial charge in [-0.15, -0.1) is 35.3 Å². The van der Waals surface area contributed by atoms with E-state index in [1.807, 2.05) is 49.6 Å². The lowest BCUT2D eigenvalue weighted by atomic mass is 10.0. The highest BCUT2D eigenvalue weighted by molar-refractivity contribution is 14.0. The van der Waals surface area contributed by atoms with Crippen molar-refractivity contribution < 1.29 is 9.53 Å². The number of aromatic nitrogens is 1. The molecule has 31 heavy (non-hydrogen) atoms. The molecule has 1 amide bonds. The molecular formula is C22H32IN5O2S. The number of aryl methyl sites for hydroxylation is 2. The van der Waals surface area contributed by atoms with Crippen LogP contribution in [0.4, 0.5) is 0 Å². The number of fused-ring (bicyclic) bond motifs is 1. The molecule has 7 nitrogen and oxygen atoms in total. The summed E-state index contributed by atoms with van der Waals surface area (Å²) < 4.78 is 5.57. The first-order valence-corrected chi connectivity index (χ1v) is 11.3. The van der Waals surface area contributed by atoms with Crippen molar-refractivity contribution in [3.05, 3.63) is 45.4 Å². The molecule has 1 aromatic carbocycles. The second-order valence-corrected chi connectivity index (χ2v) is 8.50. The van der Waals surface area contributed by atoms with Gasteiger partial charge in [0.05, 0.1) is 12.2 Å². The van der Waals surface area contributed by atoms with Crippen molar-refractivity contribution in [3.63, 3.8) is 0 Å². The van der Waals surface area contributed by atoms with Crippen LogP contribution in [-0.2, 0) is 30.7 Å². The maximum absolute atomic E-state index is 11.6. The third kappa shape index (κ3) is 7.64. The maximum atomic E-state index is 11.6. The van der Waals surface area contributed by atoms with Gasteiger partial charge in [0, 0.05) is 32.1 Å². The summed E-state index contributed by atoms with van der Waals surface area (Å²) in [6.45, 7) is 3.86. The molecule has 3 rings (SSSR count). The van der Waals surface area contributed by atoms with Gasteiger partial charge in [-0.05, 0) is 50.3 Å². The van der Waals surface area contributed by atoms with E-state index in [9.17, 15) is 4.79 Å². The normalized spacial score (nSPS) is 13.1. The summed E-state index contributed by atoms with van der Waals surface area (Å²) in [5.74, 6) is 1.38. The second-order valence-electron chi connectivity index (χ2n) is 7.33. The summed E-state index contributed by atoms with van der Waals surface area (Å²) in [6.07, 6.45) is 4.81. The minimum Gasteiger partial charge on any atom is -0.484 e. The van der Waals surface area contributed by atoms with Crippen molar-refractivity contribution in [1.29, 1.82) is 0 Å². The predicted molar refractivity (Wildman–Crippen MR) is 136 cm³/mol. The van der Waals surface area contributed by atoms with Crippen LogP contribution in [0.3, 0.4) is 0 Å². The zero-order valence-electron chi connectivity index (χ0n) is 18.4. The first-order valence-electron chi connectivity index (χ1n) is 10.5. The van der Waals surface area contributed by atoms with Crippen LogP contribution in [0.15, 0.2) is 29.3 Å². The molecule has 170 valence electrons. The topological polar surface area (TPSA) is 78.8 Å². The molecule has 0 atom stereocenters. The van der Waals surface area contributed by atoms with E-state index < -0.39 is 0 Å². The van der Waals surface area contributed by atoms with Crippen molar-refractivity contribution in [2.75, 3.05) is 27.2 Å². The quantitative estimate of drug-likeness (QED) is 0.296. The Bertz CT molecular complexity index is 863. The fraction of sp³-hybridized carbons (Fsp3) is 0.500. The third-order valence-electron chi connectivity index (χ3n) is 4.93. The number of nitrogens with zero attached hydrogens (tertiary/aromatic N) is 3. The third-order valence-corrected chi connectivity index (χ3v) is 6.07.